The van der Waals surface area contributed by atoms with Crippen molar-refractivity contribution in [3.8, 4) is 0 Å². The van der Waals surface area contributed by atoms with Gasteiger partial charge in [-0.05, 0) is 51.0 Å². The van der Waals surface area contributed by atoms with Crippen LogP contribution in [0.2, 0.25) is 0 Å². The Morgan fingerprint density at radius 2 is 2.13 bits per heavy atom. The summed E-state index contributed by atoms with van der Waals surface area (Å²) < 4.78 is 5.56. The highest BCUT2D eigenvalue weighted by molar-refractivity contribution is 5.90. The topological polar surface area (TPSA) is 58.4 Å². The van der Waals surface area contributed by atoms with Crippen molar-refractivity contribution in [2.45, 2.75) is 45.6 Å². The molecule has 2 amide bonds. The first-order chi connectivity index (χ1) is 11.1. The van der Waals surface area contributed by atoms with E-state index in [1.807, 2.05) is 43.0 Å². The summed E-state index contributed by atoms with van der Waals surface area (Å²) >= 11 is 0. The number of pyridine rings is 1. The van der Waals surface area contributed by atoms with Gasteiger partial charge in [0.15, 0.2) is 0 Å². The Labute approximate surface area is 136 Å². The summed E-state index contributed by atoms with van der Waals surface area (Å²) in [7, 11) is 0. The second-order valence-corrected chi connectivity index (χ2v) is 6.09. The van der Waals surface area contributed by atoms with Gasteiger partial charge in [0.05, 0.1) is 23.7 Å². The van der Waals surface area contributed by atoms with Crippen molar-refractivity contribution in [1.82, 2.24) is 9.88 Å². The van der Waals surface area contributed by atoms with Gasteiger partial charge in [0.2, 0.25) is 0 Å². The fourth-order valence-corrected chi connectivity index (χ4v) is 3.13. The monoisotopic (exact) mass is 313 g/mol. The number of aromatic nitrogens is 1. The minimum Gasteiger partial charge on any atom is -0.467 e. The maximum atomic E-state index is 12.8. The molecule has 122 valence electrons. The molecule has 0 aliphatic carbocycles. The molecule has 2 aromatic rings. The number of likely N-dealkylation sites (tertiary alicyclic amines) is 1. The molecule has 1 fully saturated rings. The molecular weight excluding hydrogens is 290 g/mol. The Balaban J connectivity index is 1.80. The quantitative estimate of drug-likeness (QED) is 0.891. The number of nitrogens with one attached hydrogen (secondary N) is 1. The lowest BCUT2D eigenvalue weighted by Gasteiger charge is -2.29. The molecule has 0 aromatic carbocycles. The Kier molecular flexibility index (Phi) is 4.65. The predicted octanol–water partition coefficient (Wildman–Crippen LogP) is 4.44. The number of furan rings is 1. The molecule has 0 spiro atoms. The molecule has 3 rings (SSSR count). The van der Waals surface area contributed by atoms with Crippen LogP contribution in [0.4, 0.5) is 10.5 Å². The van der Waals surface area contributed by atoms with Crippen LogP contribution in [0, 0.1) is 13.8 Å². The van der Waals surface area contributed by atoms with E-state index < -0.39 is 0 Å². The molecule has 1 N–H and O–H groups in total. The van der Waals surface area contributed by atoms with E-state index in [1.165, 1.54) is 0 Å². The summed E-state index contributed by atoms with van der Waals surface area (Å²) in [6.45, 7) is 4.60. The number of hydrogen-bond donors (Lipinski definition) is 1. The standard InChI is InChI=1S/C18H23N3O2/c1-13-9-10-15(14(2)19-13)20-18(22)21-11-5-3-4-7-16(21)17-8-6-12-23-17/h6,8-10,12,16H,3-5,7,11H2,1-2H3,(H,20,22). The van der Waals surface area contributed by atoms with Gasteiger partial charge in [0.25, 0.3) is 0 Å². The molecule has 23 heavy (non-hydrogen) atoms. The summed E-state index contributed by atoms with van der Waals surface area (Å²) in [4.78, 5) is 19.1. The molecule has 0 saturated carbocycles. The van der Waals surface area contributed by atoms with Crippen molar-refractivity contribution >= 4 is 11.7 Å². The first kappa shape index (κ1) is 15.6. The normalized spacial score (nSPS) is 18.5. The van der Waals surface area contributed by atoms with E-state index >= 15 is 0 Å². The molecule has 1 aliphatic rings. The molecule has 0 bridgehead atoms. The zero-order valence-corrected chi connectivity index (χ0v) is 13.7. The fourth-order valence-electron chi connectivity index (χ4n) is 3.13. The van der Waals surface area contributed by atoms with E-state index in [9.17, 15) is 4.79 Å². The lowest BCUT2D eigenvalue weighted by molar-refractivity contribution is 0.179. The van der Waals surface area contributed by atoms with Gasteiger partial charge in [0.1, 0.15) is 5.76 Å². The number of anilines is 1. The molecule has 3 heterocycles. The van der Waals surface area contributed by atoms with Gasteiger partial charge < -0.3 is 14.6 Å². The molecule has 0 radical (unpaired) electrons. The van der Waals surface area contributed by atoms with Crippen LogP contribution in [0.3, 0.4) is 0 Å². The first-order valence-corrected chi connectivity index (χ1v) is 8.20. The number of carbonyl (C=O) groups excluding carboxylic acids is 1. The Morgan fingerprint density at radius 1 is 1.26 bits per heavy atom. The van der Waals surface area contributed by atoms with Crippen LogP contribution in [0.25, 0.3) is 0 Å². The highest BCUT2D eigenvalue weighted by atomic mass is 16.3. The molecule has 5 heteroatoms. The maximum Gasteiger partial charge on any atom is 0.322 e. The lowest BCUT2D eigenvalue weighted by Crippen LogP contribution is -2.38. The van der Waals surface area contributed by atoms with Crippen LogP contribution in [0.5, 0.6) is 0 Å². The van der Waals surface area contributed by atoms with Gasteiger partial charge in [-0.15, -0.1) is 0 Å². The number of amides is 2. The summed E-state index contributed by atoms with van der Waals surface area (Å²) in [5.74, 6) is 0.862. The van der Waals surface area contributed by atoms with Crippen LogP contribution >= 0.6 is 0 Å². The minimum absolute atomic E-state index is 0.00575. The average molecular weight is 313 g/mol. The van der Waals surface area contributed by atoms with Gasteiger partial charge >= 0.3 is 6.03 Å². The number of nitrogens with zero attached hydrogens (tertiary/aromatic N) is 2. The third-order valence-electron chi connectivity index (χ3n) is 4.35. The highest BCUT2D eigenvalue weighted by Gasteiger charge is 2.28. The van der Waals surface area contributed by atoms with E-state index in [-0.39, 0.29) is 12.1 Å². The number of hydrogen-bond acceptors (Lipinski definition) is 3. The Hall–Kier alpha value is -2.30. The van der Waals surface area contributed by atoms with Crippen LogP contribution in [-0.4, -0.2) is 22.5 Å². The van der Waals surface area contributed by atoms with E-state index in [4.69, 9.17) is 4.42 Å². The van der Waals surface area contributed by atoms with Gasteiger partial charge in [-0.1, -0.05) is 12.8 Å². The Morgan fingerprint density at radius 3 is 2.87 bits per heavy atom. The predicted molar refractivity (Wildman–Crippen MR) is 89.4 cm³/mol. The summed E-state index contributed by atoms with van der Waals surface area (Å²) in [5, 5.41) is 3.01. The summed E-state index contributed by atoms with van der Waals surface area (Å²) in [6.07, 6.45) is 5.89. The van der Waals surface area contributed by atoms with Crippen molar-refractivity contribution in [3.63, 3.8) is 0 Å². The number of rotatable bonds is 2. The van der Waals surface area contributed by atoms with Gasteiger partial charge in [0, 0.05) is 12.2 Å². The SMILES string of the molecule is Cc1ccc(NC(=O)N2CCCCCC2c2ccco2)c(C)n1. The van der Waals surface area contributed by atoms with Crippen molar-refractivity contribution in [2.24, 2.45) is 0 Å². The average Bonchev–Trinajstić information content (AvgIpc) is 2.94. The van der Waals surface area contributed by atoms with Crippen LogP contribution in [0.15, 0.2) is 34.9 Å². The Bertz CT molecular complexity index is 667. The van der Waals surface area contributed by atoms with Crippen molar-refractivity contribution < 1.29 is 9.21 Å². The van der Waals surface area contributed by atoms with Crippen LogP contribution in [-0.2, 0) is 0 Å². The van der Waals surface area contributed by atoms with Gasteiger partial charge in [-0.2, -0.15) is 0 Å². The zero-order chi connectivity index (χ0) is 16.2. The highest BCUT2D eigenvalue weighted by Crippen LogP contribution is 2.31. The van der Waals surface area contributed by atoms with E-state index in [0.29, 0.717) is 0 Å². The van der Waals surface area contributed by atoms with E-state index in [1.54, 1.807) is 6.26 Å². The van der Waals surface area contributed by atoms with E-state index in [2.05, 4.69) is 10.3 Å². The van der Waals surface area contributed by atoms with E-state index in [0.717, 1.165) is 55.1 Å². The zero-order valence-electron chi connectivity index (χ0n) is 13.7. The molecule has 1 unspecified atom stereocenters. The smallest absolute Gasteiger partial charge is 0.322 e. The molecule has 5 nitrogen and oxygen atoms in total. The van der Waals surface area contributed by atoms with Gasteiger partial charge in [-0.3, -0.25) is 4.98 Å². The van der Waals surface area contributed by atoms with Crippen molar-refractivity contribution in [3.05, 3.63) is 47.7 Å². The summed E-state index contributed by atoms with van der Waals surface area (Å²) in [6, 6.07) is 7.58. The van der Waals surface area contributed by atoms with Crippen molar-refractivity contribution in [2.75, 3.05) is 11.9 Å². The van der Waals surface area contributed by atoms with Crippen molar-refractivity contribution in [1.29, 1.82) is 0 Å². The largest absolute Gasteiger partial charge is 0.467 e. The van der Waals surface area contributed by atoms with Gasteiger partial charge in [-0.25, -0.2) is 4.79 Å². The molecule has 1 aliphatic heterocycles. The van der Waals surface area contributed by atoms with Crippen LogP contribution < -0.4 is 5.32 Å². The number of aryl methyl sites for hydroxylation is 2. The molecular formula is C18H23N3O2. The lowest BCUT2D eigenvalue weighted by atomic mass is 10.1. The third kappa shape index (κ3) is 3.55. The number of urea groups is 1. The maximum absolute atomic E-state index is 12.8. The molecule has 2 aromatic heterocycles. The summed E-state index contributed by atoms with van der Waals surface area (Å²) in [5.41, 5.74) is 2.55. The first-order valence-electron chi connectivity index (χ1n) is 8.20. The van der Waals surface area contributed by atoms with Crippen LogP contribution in [0.1, 0.15) is 48.9 Å². The minimum atomic E-state index is -0.0814. The molecule has 1 atom stereocenters. The second-order valence-electron chi connectivity index (χ2n) is 6.09. The second kappa shape index (κ2) is 6.86. The fraction of sp³-hybridized carbons (Fsp3) is 0.444. The third-order valence-corrected chi connectivity index (χ3v) is 4.35. The molecule has 1 saturated heterocycles. The number of carbonyl (C=O) groups is 1.